The van der Waals surface area contributed by atoms with Crippen LogP contribution in [0.15, 0.2) is 94.0 Å². The van der Waals surface area contributed by atoms with E-state index in [1.165, 1.54) is 24.3 Å². The zero-order valence-corrected chi connectivity index (χ0v) is 17.4. The van der Waals surface area contributed by atoms with Crippen LogP contribution in [0.3, 0.4) is 0 Å². The Bertz CT molecular complexity index is 1190. The number of carbonyl (C=O) groups is 2. The molecule has 31 heavy (non-hydrogen) atoms. The maximum Gasteiger partial charge on any atom is 0.338 e. The van der Waals surface area contributed by atoms with Crippen molar-refractivity contribution in [1.29, 1.82) is 0 Å². The van der Waals surface area contributed by atoms with Gasteiger partial charge in [-0.1, -0.05) is 18.2 Å². The van der Waals surface area contributed by atoms with Gasteiger partial charge in [0.25, 0.3) is 5.91 Å². The quantitative estimate of drug-likeness (QED) is 0.437. The minimum Gasteiger partial charge on any atom is -0.452 e. The number of benzene rings is 3. The van der Waals surface area contributed by atoms with Gasteiger partial charge in [0.2, 0.25) is 0 Å². The molecular weight excluding hydrogens is 418 g/mol. The van der Waals surface area contributed by atoms with Crippen LogP contribution in [0.25, 0.3) is 0 Å². The molecule has 0 spiro atoms. The van der Waals surface area contributed by atoms with Crippen molar-refractivity contribution in [1.82, 2.24) is 0 Å². The van der Waals surface area contributed by atoms with E-state index in [-0.39, 0.29) is 10.5 Å². The average molecular weight is 437 g/mol. The van der Waals surface area contributed by atoms with Gasteiger partial charge in [0.05, 0.1) is 21.8 Å². The number of hydrogen-bond donors (Lipinski definition) is 1. The number of nitrogens with one attached hydrogen (secondary N) is 1. The van der Waals surface area contributed by atoms with Crippen LogP contribution in [0, 0.1) is 0 Å². The zero-order chi connectivity index (χ0) is 22.3. The molecule has 0 saturated heterocycles. The lowest BCUT2D eigenvalue weighted by molar-refractivity contribution is -0.119. The first-order valence-corrected chi connectivity index (χ1v) is 11.0. The largest absolute Gasteiger partial charge is 0.452 e. The van der Waals surface area contributed by atoms with Crippen molar-refractivity contribution in [3.63, 3.8) is 0 Å². The van der Waals surface area contributed by atoms with Crippen LogP contribution in [0.4, 0.5) is 17.1 Å². The number of hydrogen-bond acceptors (Lipinski definition) is 7. The normalized spacial score (nSPS) is 11.3. The van der Waals surface area contributed by atoms with Crippen molar-refractivity contribution in [3.05, 3.63) is 84.4 Å². The molecule has 1 N–H and O–H groups in total. The summed E-state index contributed by atoms with van der Waals surface area (Å²) >= 11 is 0. The summed E-state index contributed by atoms with van der Waals surface area (Å²) in [5.74, 6) is -1.24. The average Bonchev–Trinajstić information content (AvgIpc) is 2.77. The van der Waals surface area contributed by atoms with Crippen LogP contribution in [-0.4, -0.2) is 33.2 Å². The summed E-state index contributed by atoms with van der Waals surface area (Å²) in [7, 11) is -3.36. The van der Waals surface area contributed by atoms with Crippen LogP contribution in [0.1, 0.15) is 10.4 Å². The Morgan fingerprint density at radius 3 is 2.00 bits per heavy atom. The van der Waals surface area contributed by atoms with E-state index in [0.29, 0.717) is 11.4 Å². The summed E-state index contributed by atoms with van der Waals surface area (Å²) < 4.78 is 27.9. The van der Waals surface area contributed by atoms with Gasteiger partial charge in [0.15, 0.2) is 16.4 Å². The van der Waals surface area contributed by atoms with Gasteiger partial charge in [0, 0.05) is 11.9 Å². The first-order chi connectivity index (χ1) is 14.8. The van der Waals surface area contributed by atoms with Gasteiger partial charge in [0.1, 0.15) is 0 Å². The molecule has 3 aromatic carbocycles. The standard InChI is InChI=1S/C22H19N3O5S/c1-31(28,29)20-13-7-16(8-14-20)22(27)30-15-21(26)23-17-9-11-19(12-10-17)25-24-18-5-3-2-4-6-18/h2-14H,15H2,1H3,(H,23,26). The lowest BCUT2D eigenvalue weighted by atomic mass is 10.2. The molecule has 3 rings (SSSR count). The highest BCUT2D eigenvalue weighted by Gasteiger charge is 2.12. The number of anilines is 1. The number of ether oxygens (including phenoxy) is 1. The van der Waals surface area contributed by atoms with E-state index in [0.717, 1.165) is 11.9 Å². The minimum absolute atomic E-state index is 0.0912. The summed E-state index contributed by atoms with van der Waals surface area (Å²) in [6, 6.07) is 21.3. The minimum atomic E-state index is -3.36. The van der Waals surface area contributed by atoms with E-state index in [4.69, 9.17) is 4.74 Å². The third kappa shape index (κ3) is 6.58. The van der Waals surface area contributed by atoms with Gasteiger partial charge in [-0.15, -0.1) is 0 Å². The van der Waals surface area contributed by atoms with Crippen LogP contribution in [0.2, 0.25) is 0 Å². The molecule has 0 unspecified atom stereocenters. The van der Waals surface area contributed by atoms with E-state index in [1.807, 2.05) is 30.3 Å². The molecule has 1 amide bonds. The predicted octanol–water partition coefficient (Wildman–Crippen LogP) is 4.30. The number of carbonyl (C=O) groups excluding carboxylic acids is 2. The lowest BCUT2D eigenvalue weighted by Gasteiger charge is -2.07. The summed E-state index contributed by atoms with van der Waals surface area (Å²) in [4.78, 5) is 24.1. The molecule has 0 fully saturated rings. The topological polar surface area (TPSA) is 114 Å². The van der Waals surface area contributed by atoms with E-state index in [9.17, 15) is 18.0 Å². The highest BCUT2D eigenvalue weighted by atomic mass is 32.2. The SMILES string of the molecule is CS(=O)(=O)c1ccc(C(=O)OCC(=O)Nc2ccc(N=Nc3ccccc3)cc2)cc1. The second kappa shape index (κ2) is 9.77. The fraction of sp³-hybridized carbons (Fsp3) is 0.0909. The van der Waals surface area contributed by atoms with E-state index in [2.05, 4.69) is 15.5 Å². The Morgan fingerprint density at radius 2 is 1.42 bits per heavy atom. The first-order valence-electron chi connectivity index (χ1n) is 9.15. The van der Waals surface area contributed by atoms with Crippen LogP contribution >= 0.6 is 0 Å². The number of rotatable bonds is 7. The molecule has 0 aliphatic heterocycles. The molecule has 0 radical (unpaired) electrons. The third-order valence-corrected chi connectivity index (χ3v) is 5.17. The summed E-state index contributed by atoms with van der Waals surface area (Å²) in [6.45, 7) is -0.484. The molecule has 9 heteroatoms. The maximum atomic E-state index is 12.0. The zero-order valence-electron chi connectivity index (χ0n) is 16.6. The molecule has 0 aromatic heterocycles. The Hall–Kier alpha value is -3.85. The van der Waals surface area contributed by atoms with E-state index >= 15 is 0 Å². The number of amides is 1. The second-order valence-corrected chi connectivity index (χ2v) is 8.52. The summed E-state index contributed by atoms with van der Waals surface area (Å²) in [6.07, 6.45) is 1.07. The molecule has 0 aliphatic rings. The molecule has 0 saturated carbocycles. The van der Waals surface area contributed by atoms with Gasteiger partial charge in [-0.3, -0.25) is 4.79 Å². The molecule has 0 aliphatic carbocycles. The monoisotopic (exact) mass is 437 g/mol. The first kappa shape index (κ1) is 21.8. The van der Waals surface area contributed by atoms with Gasteiger partial charge in [-0.25, -0.2) is 13.2 Å². The molecule has 0 heterocycles. The van der Waals surface area contributed by atoms with Crippen molar-refractivity contribution < 1.29 is 22.7 Å². The maximum absolute atomic E-state index is 12.0. The number of nitrogens with zero attached hydrogens (tertiary/aromatic N) is 2. The van der Waals surface area contributed by atoms with Crippen LogP contribution in [-0.2, 0) is 19.4 Å². The Morgan fingerprint density at radius 1 is 0.839 bits per heavy atom. The lowest BCUT2D eigenvalue weighted by Crippen LogP contribution is -2.20. The summed E-state index contributed by atoms with van der Waals surface area (Å²) in [5.41, 5.74) is 2.00. The Labute approximate surface area is 179 Å². The van der Waals surface area contributed by atoms with E-state index < -0.39 is 28.3 Å². The van der Waals surface area contributed by atoms with Crippen molar-refractivity contribution >= 4 is 38.8 Å². The number of sulfone groups is 1. The van der Waals surface area contributed by atoms with Gasteiger partial charge < -0.3 is 10.1 Å². The fourth-order valence-electron chi connectivity index (χ4n) is 2.47. The number of esters is 1. The Kier molecular flexibility index (Phi) is 6.88. The third-order valence-electron chi connectivity index (χ3n) is 4.04. The molecule has 0 bridgehead atoms. The number of azo groups is 1. The molecular formula is C22H19N3O5S. The molecule has 3 aromatic rings. The van der Waals surface area contributed by atoms with Crippen molar-refractivity contribution in [2.24, 2.45) is 10.2 Å². The molecule has 158 valence electrons. The molecule has 0 atom stereocenters. The van der Waals surface area contributed by atoms with Gasteiger partial charge >= 0.3 is 5.97 Å². The van der Waals surface area contributed by atoms with E-state index in [1.54, 1.807) is 24.3 Å². The second-order valence-electron chi connectivity index (χ2n) is 6.50. The van der Waals surface area contributed by atoms with Crippen molar-refractivity contribution in [3.8, 4) is 0 Å². The van der Waals surface area contributed by atoms with Gasteiger partial charge in [-0.05, 0) is 60.7 Å². The predicted molar refractivity (Wildman–Crippen MR) is 116 cm³/mol. The van der Waals surface area contributed by atoms with Crippen LogP contribution in [0.5, 0.6) is 0 Å². The smallest absolute Gasteiger partial charge is 0.338 e. The Balaban J connectivity index is 1.50. The summed E-state index contributed by atoms with van der Waals surface area (Å²) in [5, 5.41) is 10.8. The van der Waals surface area contributed by atoms with Gasteiger partial charge in [-0.2, -0.15) is 10.2 Å². The van der Waals surface area contributed by atoms with Crippen molar-refractivity contribution in [2.75, 3.05) is 18.2 Å². The van der Waals surface area contributed by atoms with Crippen molar-refractivity contribution in [2.45, 2.75) is 4.90 Å². The highest BCUT2D eigenvalue weighted by molar-refractivity contribution is 7.90. The molecule has 8 nitrogen and oxygen atoms in total. The van der Waals surface area contributed by atoms with Crippen LogP contribution < -0.4 is 5.32 Å². The highest BCUT2D eigenvalue weighted by Crippen LogP contribution is 2.20. The fourth-order valence-corrected chi connectivity index (χ4v) is 3.10.